The maximum absolute atomic E-state index is 13.1. The monoisotopic (exact) mass is 356 g/mol. The quantitative estimate of drug-likeness (QED) is 0.819. The number of para-hydroxylation sites is 1. The second-order valence-corrected chi connectivity index (χ2v) is 6.68. The Labute approximate surface area is 152 Å². The molecule has 1 saturated heterocycles. The molecule has 0 bridgehead atoms. The van der Waals surface area contributed by atoms with Crippen molar-refractivity contribution in [2.24, 2.45) is 0 Å². The van der Waals surface area contributed by atoms with Gasteiger partial charge in [-0.05, 0) is 42.2 Å². The Morgan fingerprint density at radius 3 is 2.52 bits per heavy atom. The summed E-state index contributed by atoms with van der Waals surface area (Å²) in [7, 11) is 0. The number of hydrogen-bond donors (Lipinski definition) is 1. The number of aryl methyl sites for hydroxylation is 2. The second kappa shape index (κ2) is 7.28. The summed E-state index contributed by atoms with van der Waals surface area (Å²) < 4.78 is 0. The molecule has 5 heteroatoms. The van der Waals surface area contributed by atoms with Crippen LogP contribution in [0.5, 0.6) is 0 Å². The first-order valence-electron chi connectivity index (χ1n) is 8.45. The zero-order valence-corrected chi connectivity index (χ0v) is 15.1. The number of amides is 2. The lowest BCUT2D eigenvalue weighted by Crippen LogP contribution is -2.49. The Bertz CT molecular complexity index is 802. The van der Waals surface area contributed by atoms with Crippen molar-refractivity contribution in [3.63, 3.8) is 0 Å². The van der Waals surface area contributed by atoms with Crippen LogP contribution in [0.25, 0.3) is 0 Å². The molecule has 1 heterocycles. The number of likely N-dealkylation sites (tertiary alicyclic amines) is 1. The van der Waals surface area contributed by atoms with E-state index in [2.05, 4.69) is 12.2 Å². The maximum atomic E-state index is 13.1. The highest BCUT2D eigenvalue weighted by atomic mass is 35.5. The highest BCUT2D eigenvalue weighted by molar-refractivity contribution is 6.30. The summed E-state index contributed by atoms with van der Waals surface area (Å²) in [6.07, 6.45) is 1.31. The molecule has 0 saturated carbocycles. The summed E-state index contributed by atoms with van der Waals surface area (Å²) in [5.74, 6) is -0.199. The molecule has 3 rings (SSSR count). The van der Waals surface area contributed by atoms with E-state index in [0.717, 1.165) is 28.8 Å². The first-order chi connectivity index (χ1) is 12.0. The zero-order valence-electron chi connectivity index (χ0n) is 14.4. The van der Waals surface area contributed by atoms with Crippen LogP contribution >= 0.6 is 11.6 Å². The van der Waals surface area contributed by atoms with E-state index >= 15 is 0 Å². The average molecular weight is 357 g/mol. The molecule has 1 fully saturated rings. The van der Waals surface area contributed by atoms with Crippen molar-refractivity contribution in [2.45, 2.75) is 32.7 Å². The lowest BCUT2D eigenvalue weighted by Gasteiger charge is -2.37. The molecular formula is C20H21ClN2O2. The summed E-state index contributed by atoms with van der Waals surface area (Å²) in [6.45, 7) is 4.62. The first kappa shape index (κ1) is 17.5. The number of halogens is 1. The minimum atomic E-state index is -0.636. The lowest BCUT2D eigenvalue weighted by atomic mass is 9.99. The van der Waals surface area contributed by atoms with Gasteiger partial charge < -0.3 is 10.2 Å². The van der Waals surface area contributed by atoms with E-state index in [0.29, 0.717) is 18.0 Å². The third-order valence-corrected chi connectivity index (χ3v) is 4.87. The van der Waals surface area contributed by atoms with Crippen LogP contribution in [-0.4, -0.2) is 23.3 Å². The van der Waals surface area contributed by atoms with Crippen molar-refractivity contribution < 1.29 is 9.59 Å². The van der Waals surface area contributed by atoms with E-state index in [-0.39, 0.29) is 11.8 Å². The van der Waals surface area contributed by atoms with E-state index < -0.39 is 6.04 Å². The zero-order chi connectivity index (χ0) is 18.0. The molecule has 0 aromatic heterocycles. The number of carbonyl (C=O) groups is 2. The van der Waals surface area contributed by atoms with Crippen LogP contribution < -0.4 is 5.32 Å². The van der Waals surface area contributed by atoms with Crippen molar-refractivity contribution in [3.05, 3.63) is 64.2 Å². The van der Waals surface area contributed by atoms with Crippen molar-refractivity contribution in [1.82, 2.24) is 4.90 Å². The van der Waals surface area contributed by atoms with Gasteiger partial charge in [-0.3, -0.25) is 9.59 Å². The predicted molar refractivity (Wildman–Crippen MR) is 99.7 cm³/mol. The highest BCUT2D eigenvalue weighted by Crippen LogP contribution is 2.30. The van der Waals surface area contributed by atoms with Gasteiger partial charge in [0.2, 0.25) is 5.91 Å². The predicted octanol–water partition coefficient (Wildman–Crippen LogP) is 4.12. The van der Waals surface area contributed by atoms with E-state index in [1.54, 1.807) is 29.2 Å². The molecule has 2 amide bonds. The number of β-lactam (4-membered cyclic amide) rings is 1. The summed E-state index contributed by atoms with van der Waals surface area (Å²) in [6, 6.07) is 12.4. The molecule has 1 unspecified atom stereocenters. The van der Waals surface area contributed by atoms with Gasteiger partial charge in [0.05, 0.1) is 0 Å². The van der Waals surface area contributed by atoms with Crippen molar-refractivity contribution in [1.29, 1.82) is 0 Å². The molecule has 1 aliphatic rings. The molecule has 130 valence electrons. The van der Waals surface area contributed by atoms with Gasteiger partial charge in [0, 0.05) is 23.7 Å². The fourth-order valence-corrected chi connectivity index (χ4v) is 3.24. The molecule has 0 radical (unpaired) electrons. The van der Waals surface area contributed by atoms with Crippen LogP contribution in [0, 0.1) is 6.92 Å². The van der Waals surface area contributed by atoms with Gasteiger partial charge in [0.1, 0.15) is 6.04 Å². The molecule has 0 aliphatic carbocycles. The van der Waals surface area contributed by atoms with Gasteiger partial charge >= 0.3 is 0 Å². The Morgan fingerprint density at radius 2 is 1.96 bits per heavy atom. The summed E-state index contributed by atoms with van der Waals surface area (Å²) in [5.41, 5.74) is 3.69. The minimum Gasteiger partial charge on any atom is -0.326 e. The molecule has 4 nitrogen and oxygen atoms in total. The fourth-order valence-electron chi connectivity index (χ4n) is 3.12. The van der Waals surface area contributed by atoms with Gasteiger partial charge in [-0.15, -0.1) is 0 Å². The third-order valence-electron chi connectivity index (χ3n) is 4.62. The van der Waals surface area contributed by atoms with Gasteiger partial charge in [-0.2, -0.15) is 0 Å². The SMILES string of the molecule is CCc1cccc(C)c1NC(=O)C(c1ccc(Cl)cc1)N1CCC1=O. The number of hydrogen-bond acceptors (Lipinski definition) is 2. The average Bonchev–Trinajstić information content (AvgIpc) is 2.60. The number of nitrogens with one attached hydrogen (secondary N) is 1. The van der Waals surface area contributed by atoms with E-state index in [1.165, 1.54) is 0 Å². The molecule has 25 heavy (non-hydrogen) atoms. The Kier molecular flexibility index (Phi) is 5.09. The van der Waals surface area contributed by atoms with E-state index in [9.17, 15) is 9.59 Å². The molecule has 1 aliphatic heterocycles. The van der Waals surface area contributed by atoms with E-state index in [1.807, 2.05) is 25.1 Å². The number of nitrogens with zero attached hydrogens (tertiary/aromatic N) is 1. The summed E-state index contributed by atoms with van der Waals surface area (Å²) in [5, 5.41) is 3.65. The van der Waals surface area contributed by atoms with Crippen LogP contribution in [0.2, 0.25) is 5.02 Å². The maximum Gasteiger partial charge on any atom is 0.251 e. The van der Waals surface area contributed by atoms with Gasteiger partial charge in [-0.1, -0.05) is 48.9 Å². The number of rotatable bonds is 5. The smallest absolute Gasteiger partial charge is 0.251 e. The second-order valence-electron chi connectivity index (χ2n) is 6.24. The normalized spacial score (nSPS) is 14.8. The standard InChI is InChI=1S/C20H21ClN2O2/c1-3-14-6-4-5-13(2)18(14)22-20(25)19(23-12-11-17(23)24)15-7-9-16(21)10-8-15/h4-10,19H,3,11-12H2,1-2H3,(H,22,25). The largest absolute Gasteiger partial charge is 0.326 e. The fraction of sp³-hybridized carbons (Fsp3) is 0.300. The van der Waals surface area contributed by atoms with E-state index in [4.69, 9.17) is 11.6 Å². The molecule has 0 spiro atoms. The molecule has 2 aromatic rings. The Hall–Kier alpha value is -2.33. The molecule has 2 aromatic carbocycles. The lowest BCUT2D eigenvalue weighted by molar-refractivity contribution is -0.147. The number of anilines is 1. The minimum absolute atomic E-state index is 0.00408. The van der Waals surface area contributed by atoms with Gasteiger partial charge in [0.25, 0.3) is 5.91 Å². The topological polar surface area (TPSA) is 49.4 Å². The van der Waals surface area contributed by atoms with Crippen LogP contribution in [0.4, 0.5) is 5.69 Å². The number of benzene rings is 2. The highest BCUT2D eigenvalue weighted by Gasteiger charge is 2.36. The Morgan fingerprint density at radius 1 is 1.24 bits per heavy atom. The molecular weight excluding hydrogens is 336 g/mol. The third kappa shape index (κ3) is 3.54. The number of carbonyl (C=O) groups excluding carboxylic acids is 2. The van der Waals surface area contributed by atoms with Gasteiger partial charge in [-0.25, -0.2) is 0 Å². The van der Waals surface area contributed by atoms with Gasteiger partial charge in [0.15, 0.2) is 0 Å². The first-order valence-corrected chi connectivity index (χ1v) is 8.83. The van der Waals surface area contributed by atoms with Crippen LogP contribution in [-0.2, 0) is 16.0 Å². The van der Waals surface area contributed by atoms with Crippen molar-refractivity contribution in [3.8, 4) is 0 Å². The van der Waals surface area contributed by atoms with Crippen molar-refractivity contribution in [2.75, 3.05) is 11.9 Å². The summed E-state index contributed by atoms with van der Waals surface area (Å²) >= 11 is 5.96. The molecule has 1 atom stereocenters. The van der Waals surface area contributed by atoms with Crippen LogP contribution in [0.1, 0.15) is 36.1 Å². The van der Waals surface area contributed by atoms with Crippen molar-refractivity contribution >= 4 is 29.1 Å². The Balaban J connectivity index is 1.92. The summed E-state index contributed by atoms with van der Waals surface area (Å²) in [4.78, 5) is 26.7. The van der Waals surface area contributed by atoms with Crippen LogP contribution in [0.3, 0.4) is 0 Å². The molecule has 1 N–H and O–H groups in total. The van der Waals surface area contributed by atoms with Crippen LogP contribution in [0.15, 0.2) is 42.5 Å².